The molecule has 3 nitrogen and oxygen atoms in total. The third kappa shape index (κ3) is 2.72. The van der Waals surface area contributed by atoms with Crippen molar-refractivity contribution in [1.29, 1.82) is 0 Å². The van der Waals surface area contributed by atoms with Crippen molar-refractivity contribution in [3.63, 3.8) is 0 Å². The Kier molecular flexibility index (Phi) is 4.39. The van der Waals surface area contributed by atoms with E-state index in [0.29, 0.717) is 17.3 Å². The molecule has 22 heavy (non-hydrogen) atoms. The van der Waals surface area contributed by atoms with Gasteiger partial charge in [-0.1, -0.05) is 41.9 Å². The number of ether oxygens (including phenoxy) is 1. The van der Waals surface area contributed by atoms with Crippen LogP contribution in [0.1, 0.15) is 23.1 Å². The summed E-state index contributed by atoms with van der Waals surface area (Å²) >= 11 is 6.17. The highest BCUT2D eigenvalue weighted by molar-refractivity contribution is 6.32. The highest BCUT2D eigenvalue weighted by atomic mass is 35.5. The lowest BCUT2D eigenvalue weighted by atomic mass is 9.92. The van der Waals surface area contributed by atoms with E-state index in [4.69, 9.17) is 16.3 Å². The van der Waals surface area contributed by atoms with Crippen molar-refractivity contribution in [1.82, 2.24) is 5.32 Å². The molecule has 0 saturated heterocycles. The number of aliphatic hydroxyl groups excluding tert-OH is 1. The molecule has 1 aliphatic carbocycles. The van der Waals surface area contributed by atoms with Crippen LogP contribution in [0.2, 0.25) is 5.02 Å². The van der Waals surface area contributed by atoms with Crippen molar-refractivity contribution in [2.75, 3.05) is 13.7 Å². The lowest BCUT2D eigenvalue weighted by Crippen LogP contribution is -2.43. The van der Waals surface area contributed by atoms with E-state index in [9.17, 15) is 5.11 Å². The molecule has 1 atom stereocenters. The zero-order chi connectivity index (χ0) is 15.6. The van der Waals surface area contributed by atoms with Crippen molar-refractivity contribution in [3.8, 4) is 5.75 Å². The van der Waals surface area contributed by atoms with Crippen molar-refractivity contribution >= 4 is 11.6 Å². The Morgan fingerprint density at radius 3 is 2.82 bits per heavy atom. The first kappa shape index (κ1) is 15.3. The molecule has 0 saturated carbocycles. The molecule has 0 heterocycles. The Labute approximate surface area is 135 Å². The maximum atomic E-state index is 9.97. The molecule has 4 heteroatoms. The van der Waals surface area contributed by atoms with Crippen LogP contribution in [0.25, 0.3) is 0 Å². The van der Waals surface area contributed by atoms with Gasteiger partial charge in [-0.2, -0.15) is 0 Å². The fourth-order valence-corrected chi connectivity index (χ4v) is 3.46. The molecule has 1 aliphatic rings. The summed E-state index contributed by atoms with van der Waals surface area (Å²) in [7, 11) is 1.61. The Morgan fingerprint density at radius 1 is 1.27 bits per heavy atom. The number of benzene rings is 2. The molecule has 0 aliphatic heterocycles. The van der Waals surface area contributed by atoms with Gasteiger partial charge in [0, 0.05) is 6.54 Å². The zero-order valence-corrected chi connectivity index (χ0v) is 13.4. The minimum atomic E-state index is -0.358. The van der Waals surface area contributed by atoms with Gasteiger partial charge >= 0.3 is 0 Å². The summed E-state index contributed by atoms with van der Waals surface area (Å²) in [6.07, 6.45) is 1.90. The van der Waals surface area contributed by atoms with Crippen LogP contribution in [-0.4, -0.2) is 18.8 Å². The van der Waals surface area contributed by atoms with E-state index in [1.807, 2.05) is 24.3 Å². The van der Waals surface area contributed by atoms with E-state index in [2.05, 4.69) is 23.5 Å². The molecule has 2 N–H and O–H groups in total. The van der Waals surface area contributed by atoms with E-state index in [-0.39, 0.29) is 12.1 Å². The predicted molar refractivity (Wildman–Crippen MR) is 88.4 cm³/mol. The average molecular weight is 318 g/mol. The summed E-state index contributed by atoms with van der Waals surface area (Å²) in [6.45, 7) is 0.743. The second kappa shape index (κ2) is 6.29. The minimum Gasteiger partial charge on any atom is -0.495 e. The third-order valence-corrected chi connectivity index (χ3v) is 4.77. The number of hydrogen-bond donors (Lipinski definition) is 2. The van der Waals surface area contributed by atoms with Crippen LogP contribution in [0.5, 0.6) is 5.75 Å². The van der Waals surface area contributed by atoms with Gasteiger partial charge in [-0.05, 0) is 41.7 Å². The van der Waals surface area contributed by atoms with Gasteiger partial charge in [0.1, 0.15) is 5.75 Å². The number of nitrogens with one attached hydrogen (secondary N) is 1. The highest BCUT2D eigenvalue weighted by Crippen LogP contribution is 2.37. The number of rotatable bonds is 5. The lowest BCUT2D eigenvalue weighted by Gasteiger charge is -2.30. The topological polar surface area (TPSA) is 41.5 Å². The SMILES string of the molecule is COc1ccc(CNC2(CO)CCc3ccccc32)cc1Cl. The van der Waals surface area contributed by atoms with E-state index in [1.54, 1.807) is 7.11 Å². The number of halogens is 1. The van der Waals surface area contributed by atoms with Crippen LogP contribution in [0.4, 0.5) is 0 Å². The smallest absolute Gasteiger partial charge is 0.137 e. The van der Waals surface area contributed by atoms with Crippen LogP contribution in [-0.2, 0) is 18.5 Å². The zero-order valence-electron chi connectivity index (χ0n) is 12.6. The first-order valence-electron chi connectivity index (χ1n) is 7.45. The summed E-state index contributed by atoms with van der Waals surface area (Å²) in [5.41, 5.74) is 3.24. The van der Waals surface area contributed by atoms with Gasteiger partial charge in [0.15, 0.2) is 0 Å². The van der Waals surface area contributed by atoms with E-state index in [0.717, 1.165) is 18.4 Å². The Morgan fingerprint density at radius 2 is 2.09 bits per heavy atom. The summed E-state index contributed by atoms with van der Waals surface area (Å²) < 4.78 is 5.17. The fourth-order valence-electron chi connectivity index (χ4n) is 3.18. The van der Waals surface area contributed by atoms with Gasteiger partial charge in [0.05, 0.1) is 24.3 Å². The van der Waals surface area contributed by atoms with Gasteiger partial charge in [0.25, 0.3) is 0 Å². The molecule has 0 spiro atoms. The molecule has 0 aromatic heterocycles. The number of fused-ring (bicyclic) bond motifs is 1. The number of hydrogen-bond acceptors (Lipinski definition) is 3. The molecule has 3 rings (SSSR count). The molecule has 2 aromatic rings. The largest absolute Gasteiger partial charge is 0.495 e. The summed E-state index contributed by atoms with van der Waals surface area (Å²) in [5.74, 6) is 0.675. The Bertz CT molecular complexity index is 674. The van der Waals surface area contributed by atoms with Gasteiger partial charge in [0.2, 0.25) is 0 Å². The first-order valence-corrected chi connectivity index (χ1v) is 7.83. The molecule has 0 bridgehead atoms. The molecular weight excluding hydrogens is 298 g/mol. The molecule has 0 fully saturated rings. The van der Waals surface area contributed by atoms with Crippen LogP contribution in [0.3, 0.4) is 0 Å². The Hall–Kier alpha value is -1.55. The lowest BCUT2D eigenvalue weighted by molar-refractivity contribution is 0.159. The fraction of sp³-hybridized carbons (Fsp3) is 0.333. The molecule has 0 amide bonds. The van der Waals surface area contributed by atoms with Crippen LogP contribution in [0.15, 0.2) is 42.5 Å². The third-order valence-electron chi connectivity index (χ3n) is 4.47. The summed E-state index contributed by atoms with van der Waals surface area (Å²) in [6, 6.07) is 14.1. The number of aryl methyl sites for hydroxylation is 1. The van der Waals surface area contributed by atoms with Gasteiger partial charge in [-0.3, -0.25) is 0 Å². The molecule has 0 radical (unpaired) electrons. The monoisotopic (exact) mass is 317 g/mol. The predicted octanol–water partition coefficient (Wildman–Crippen LogP) is 3.27. The maximum Gasteiger partial charge on any atom is 0.137 e. The number of aliphatic hydroxyl groups is 1. The van der Waals surface area contributed by atoms with Crippen LogP contribution >= 0.6 is 11.6 Å². The van der Waals surface area contributed by atoms with Crippen LogP contribution in [0, 0.1) is 0 Å². The van der Waals surface area contributed by atoms with Gasteiger partial charge in [-0.25, -0.2) is 0 Å². The molecule has 2 aromatic carbocycles. The van der Waals surface area contributed by atoms with Crippen molar-refractivity contribution in [3.05, 3.63) is 64.2 Å². The average Bonchev–Trinajstić information content (AvgIpc) is 2.93. The van der Waals surface area contributed by atoms with Crippen LogP contribution < -0.4 is 10.1 Å². The minimum absolute atomic E-state index is 0.0912. The van der Waals surface area contributed by atoms with E-state index < -0.39 is 0 Å². The standard InChI is InChI=1S/C18H20ClNO2/c1-22-17-7-6-13(10-16(17)19)11-20-18(12-21)9-8-14-4-2-3-5-15(14)18/h2-7,10,20-21H,8-9,11-12H2,1H3. The number of methoxy groups -OCH3 is 1. The highest BCUT2D eigenvalue weighted by Gasteiger charge is 2.37. The van der Waals surface area contributed by atoms with Crippen molar-refractivity contribution in [2.24, 2.45) is 0 Å². The van der Waals surface area contributed by atoms with Crippen molar-refractivity contribution < 1.29 is 9.84 Å². The van der Waals surface area contributed by atoms with Gasteiger partial charge < -0.3 is 15.2 Å². The quantitative estimate of drug-likeness (QED) is 0.889. The second-order valence-corrected chi connectivity index (χ2v) is 6.13. The normalized spacial score (nSPS) is 20.0. The van der Waals surface area contributed by atoms with Gasteiger partial charge in [-0.15, -0.1) is 0 Å². The van der Waals surface area contributed by atoms with E-state index in [1.165, 1.54) is 11.1 Å². The summed E-state index contributed by atoms with van der Waals surface area (Å²) in [4.78, 5) is 0. The summed E-state index contributed by atoms with van der Waals surface area (Å²) in [5, 5.41) is 14.1. The first-order chi connectivity index (χ1) is 10.7. The molecule has 1 unspecified atom stereocenters. The second-order valence-electron chi connectivity index (χ2n) is 5.72. The maximum absolute atomic E-state index is 9.97. The van der Waals surface area contributed by atoms with E-state index >= 15 is 0 Å². The Balaban J connectivity index is 1.79. The molecular formula is C18H20ClNO2. The molecule has 116 valence electrons. The van der Waals surface area contributed by atoms with Crippen molar-refractivity contribution in [2.45, 2.75) is 24.9 Å².